The van der Waals surface area contributed by atoms with Gasteiger partial charge in [0, 0.05) is 50.9 Å². The van der Waals surface area contributed by atoms with E-state index < -0.39 is 0 Å². The molecule has 3 aromatic carbocycles. The lowest BCUT2D eigenvalue weighted by Gasteiger charge is -2.36. The summed E-state index contributed by atoms with van der Waals surface area (Å²) in [5.41, 5.74) is 3.86. The van der Waals surface area contributed by atoms with Crippen molar-refractivity contribution in [2.24, 2.45) is 5.10 Å². The van der Waals surface area contributed by atoms with Gasteiger partial charge in [0.15, 0.2) is 17.8 Å². The number of carbonyl (C=O) groups is 2. The average Bonchev–Trinajstić information content (AvgIpc) is 3.39. The predicted octanol–water partition coefficient (Wildman–Crippen LogP) is 5.07. The Morgan fingerprint density at radius 3 is 2.05 bits per heavy atom. The lowest BCUT2D eigenvalue weighted by atomic mass is 10.1. The molecule has 2 aliphatic heterocycles. The van der Waals surface area contributed by atoms with Gasteiger partial charge in [-0.25, -0.2) is 5.01 Å². The van der Waals surface area contributed by atoms with E-state index in [1.165, 1.54) is 0 Å². The first kappa shape index (κ1) is 26.3. The SMILES string of the molecule is CCOc1ccc([C@H]2N(c3ccccc3)N=C(C(C)=O)N2c2ccc(N3CCN(C(=O)CC)CC3)cc2)cc1. The molecule has 1 atom stereocenters. The first-order chi connectivity index (χ1) is 19.0. The number of hydrazone groups is 1. The van der Waals surface area contributed by atoms with E-state index in [4.69, 9.17) is 9.84 Å². The van der Waals surface area contributed by atoms with E-state index in [1.807, 2.05) is 95.4 Å². The highest BCUT2D eigenvalue weighted by atomic mass is 16.5. The summed E-state index contributed by atoms with van der Waals surface area (Å²) >= 11 is 0. The van der Waals surface area contributed by atoms with Crippen molar-refractivity contribution in [1.29, 1.82) is 0 Å². The van der Waals surface area contributed by atoms with Crippen molar-refractivity contribution in [3.05, 3.63) is 84.4 Å². The lowest BCUT2D eigenvalue weighted by molar-refractivity contribution is -0.131. The largest absolute Gasteiger partial charge is 0.494 e. The van der Waals surface area contributed by atoms with Gasteiger partial charge in [-0.3, -0.25) is 14.5 Å². The molecule has 0 unspecified atom stereocenters. The Morgan fingerprint density at radius 1 is 0.821 bits per heavy atom. The van der Waals surface area contributed by atoms with E-state index in [9.17, 15) is 9.59 Å². The number of ether oxygens (including phenoxy) is 1. The van der Waals surface area contributed by atoms with E-state index in [1.54, 1.807) is 6.92 Å². The molecule has 0 aliphatic carbocycles. The van der Waals surface area contributed by atoms with E-state index in [-0.39, 0.29) is 17.9 Å². The maximum atomic E-state index is 12.9. The zero-order chi connectivity index (χ0) is 27.4. The van der Waals surface area contributed by atoms with Crippen LogP contribution in [0.2, 0.25) is 0 Å². The van der Waals surface area contributed by atoms with E-state index in [0.717, 1.165) is 54.6 Å². The highest BCUT2D eigenvalue weighted by molar-refractivity contribution is 6.44. The Bertz CT molecular complexity index is 1320. The Balaban J connectivity index is 1.47. The fourth-order valence-corrected chi connectivity index (χ4v) is 5.17. The molecule has 0 radical (unpaired) electrons. The first-order valence-electron chi connectivity index (χ1n) is 13.6. The molecule has 0 bridgehead atoms. The van der Waals surface area contributed by atoms with Crippen LogP contribution in [0.1, 0.15) is 38.9 Å². The van der Waals surface area contributed by atoms with Crippen molar-refractivity contribution >= 4 is 34.6 Å². The van der Waals surface area contributed by atoms with Crippen LogP contribution in [0, 0.1) is 0 Å². The number of carbonyl (C=O) groups excluding carboxylic acids is 2. The van der Waals surface area contributed by atoms with E-state index in [2.05, 4.69) is 17.0 Å². The normalized spacial score (nSPS) is 17.3. The molecule has 8 nitrogen and oxygen atoms in total. The summed E-state index contributed by atoms with van der Waals surface area (Å²) in [6.45, 7) is 9.08. The molecular weight excluding hydrogens is 490 g/mol. The van der Waals surface area contributed by atoms with Crippen LogP contribution < -0.4 is 19.5 Å². The van der Waals surface area contributed by atoms with Gasteiger partial charge < -0.3 is 14.5 Å². The van der Waals surface area contributed by atoms with E-state index >= 15 is 0 Å². The van der Waals surface area contributed by atoms with Crippen LogP contribution in [0.3, 0.4) is 0 Å². The first-order valence-corrected chi connectivity index (χ1v) is 13.6. The van der Waals surface area contributed by atoms with Crippen molar-refractivity contribution in [3.8, 4) is 5.75 Å². The van der Waals surface area contributed by atoms with Gasteiger partial charge in [0.1, 0.15) is 5.75 Å². The van der Waals surface area contributed by atoms with E-state index in [0.29, 0.717) is 18.9 Å². The minimum atomic E-state index is -0.351. The maximum Gasteiger partial charge on any atom is 0.222 e. The number of hydrogen-bond acceptors (Lipinski definition) is 7. The van der Waals surface area contributed by atoms with Crippen molar-refractivity contribution in [1.82, 2.24) is 4.90 Å². The minimum absolute atomic E-state index is 0.106. The van der Waals surface area contributed by atoms with Crippen molar-refractivity contribution in [2.45, 2.75) is 33.4 Å². The van der Waals surface area contributed by atoms with Crippen molar-refractivity contribution < 1.29 is 14.3 Å². The molecule has 3 aromatic rings. The highest BCUT2D eigenvalue weighted by Gasteiger charge is 2.39. The number of piperazine rings is 1. The Labute approximate surface area is 230 Å². The minimum Gasteiger partial charge on any atom is -0.494 e. The fraction of sp³-hybridized carbons (Fsp3) is 0.323. The molecule has 202 valence electrons. The molecule has 1 saturated heterocycles. The third kappa shape index (κ3) is 5.46. The molecule has 0 spiro atoms. The second kappa shape index (κ2) is 11.6. The zero-order valence-corrected chi connectivity index (χ0v) is 22.8. The molecule has 2 aliphatic rings. The molecule has 0 saturated carbocycles. The van der Waals surface area contributed by atoms with Crippen LogP contribution in [-0.2, 0) is 9.59 Å². The Hall–Kier alpha value is -4.33. The average molecular weight is 526 g/mol. The molecular formula is C31H35N5O3. The Morgan fingerprint density at radius 2 is 1.46 bits per heavy atom. The maximum absolute atomic E-state index is 12.9. The summed E-state index contributed by atoms with van der Waals surface area (Å²) < 4.78 is 5.67. The molecule has 0 N–H and O–H groups in total. The van der Waals surface area contributed by atoms with Crippen LogP contribution in [-0.4, -0.2) is 55.2 Å². The summed E-state index contributed by atoms with van der Waals surface area (Å²) in [7, 11) is 0. The van der Waals surface area contributed by atoms with Crippen LogP contribution >= 0.6 is 0 Å². The molecule has 1 amide bonds. The second-order valence-electron chi connectivity index (χ2n) is 9.64. The number of Topliss-reactive ketones (excluding diaryl/α,β-unsaturated/α-hetero) is 1. The summed E-state index contributed by atoms with van der Waals surface area (Å²) in [6.07, 6.45) is 0.191. The van der Waals surface area contributed by atoms with Gasteiger partial charge >= 0.3 is 0 Å². The fourth-order valence-electron chi connectivity index (χ4n) is 5.17. The molecule has 5 rings (SSSR count). The number of para-hydroxylation sites is 1. The molecule has 1 fully saturated rings. The number of amidine groups is 1. The van der Waals surface area contributed by atoms with Crippen LogP contribution in [0.15, 0.2) is 84.0 Å². The summed E-state index contributed by atoms with van der Waals surface area (Å²) in [6, 6.07) is 26.2. The van der Waals surface area contributed by atoms with Crippen molar-refractivity contribution in [3.63, 3.8) is 0 Å². The van der Waals surface area contributed by atoms with Gasteiger partial charge in [0.2, 0.25) is 5.91 Å². The number of anilines is 3. The van der Waals surface area contributed by atoms with Gasteiger partial charge in [0.05, 0.1) is 12.3 Å². The van der Waals surface area contributed by atoms with Crippen LogP contribution in [0.5, 0.6) is 5.75 Å². The summed E-state index contributed by atoms with van der Waals surface area (Å²) in [4.78, 5) is 31.2. The summed E-state index contributed by atoms with van der Waals surface area (Å²) in [5, 5.41) is 6.73. The third-order valence-corrected chi connectivity index (χ3v) is 7.16. The van der Waals surface area contributed by atoms with Crippen LogP contribution in [0.4, 0.5) is 17.1 Å². The van der Waals surface area contributed by atoms with Gasteiger partial charge in [-0.15, -0.1) is 5.10 Å². The van der Waals surface area contributed by atoms with Gasteiger partial charge in [-0.05, 0) is 61.0 Å². The predicted molar refractivity (Wildman–Crippen MR) is 155 cm³/mol. The lowest BCUT2D eigenvalue weighted by Crippen LogP contribution is -2.48. The number of amides is 1. The van der Waals surface area contributed by atoms with Crippen LogP contribution in [0.25, 0.3) is 0 Å². The quantitative estimate of drug-likeness (QED) is 0.409. The standard InChI is InChI=1S/C31H35N5O3/c1-4-29(38)34-21-19-33(20-22-34)25-13-15-26(16-14-25)35-30(23(3)37)32-36(27-9-7-6-8-10-27)31(35)24-11-17-28(18-12-24)39-5-2/h6-18,31H,4-5,19-22H2,1-3H3/t31-/m1/s1. The van der Waals surface area contributed by atoms with Gasteiger partial charge in [-0.1, -0.05) is 37.3 Å². The molecule has 2 heterocycles. The highest BCUT2D eigenvalue weighted by Crippen LogP contribution is 2.40. The third-order valence-electron chi connectivity index (χ3n) is 7.16. The number of hydrogen-bond donors (Lipinski definition) is 0. The molecule has 8 heteroatoms. The zero-order valence-electron chi connectivity index (χ0n) is 22.8. The Kier molecular flexibility index (Phi) is 7.81. The number of nitrogens with zero attached hydrogens (tertiary/aromatic N) is 5. The number of ketones is 1. The monoisotopic (exact) mass is 525 g/mol. The summed E-state index contributed by atoms with van der Waals surface area (Å²) in [5.74, 6) is 1.29. The smallest absolute Gasteiger partial charge is 0.222 e. The molecule has 39 heavy (non-hydrogen) atoms. The topological polar surface area (TPSA) is 68.7 Å². The van der Waals surface area contributed by atoms with Gasteiger partial charge in [0.25, 0.3) is 0 Å². The number of rotatable bonds is 8. The molecule has 0 aromatic heterocycles. The number of benzene rings is 3. The van der Waals surface area contributed by atoms with Gasteiger partial charge in [-0.2, -0.15) is 0 Å². The van der Waals surface area contributed by atoms with Crippen molar-refractivity contribution in [2.75, 3.05) is 47.6 Å². The second-order valence-corrected chi connectivity index (χ2v) is 9.64.